The molecule has 0 aromatic rings. The minimum absolute atomic E-state index is 0.183. The Balaban J connectivity index is 2.50. The Morgan fingerprint density at radius 1 is 1.17 bits per heavy atom. The van der Waals surface area contributed by atoms with E-state index in [1.165, 1.54) is 0 Å². The predicted molar refractivity (Wildman–Crippen MR) is 62.9 cm³/mol. The monoisotopic (exact) mass is 257 g/mol. The molecule has 3 N–H and O–H groups in total. The van der Waals surface area contributed by atoms with Crippen LogP contribution in [0.15, 0.2) is 0 Å². The molecule has 1 aliphatic rings. The van der Waals surface area contributed by atoms with Gasteiger partial charge in [0.05, 0.1) is 6.42 Å². The third kappa shape index (κ3) is 4.35. The molecule has 0 unspecified atom stereocenters. The van der Waals surface area contributed by atoms with Crippen molar-refractivity contribution in [3.05, 3.63) is 0 Å². The van der Waals surface area contributed by atoms with E-state index < -0.39 is 24.4 Å². The summed E-state index contributed by atoms with van der Waals surface area (Å²) in [6.45, 7) is 2.12. The zero-order valence-electron chi connectivity index (χ0n) is 10.4. The van der Waals surface area contributed by atoms with Crippen molar-refractivity contribution < 1.29 is 24.6 Å². The normalized spacial score (nSPS) is 25.2. The zero-order valence-corrected chi connectivity index (χ0v) is 10.4. The first kappa shape index (κ1) is 14.5. The summed E-state index contributed by atoms with van der Waals surface area (Å²) in [6, 6.07) is -1.34. The molecule has 0 bridgehead atoms. The Hall–Kier alpha value is -1.59. The van der Waals surface area contributed by atoms with E-state index in [9.17, 15) is 14.4 Å². The summed E-state index contributed by atoms with van der Waals surface area (Å²) in [5, 5.41) is 19.7. The fourth-order valence-electron chi connectivity index (χ4n) is 2.19. The van der Waals surface area contributed by atoms with Gasteiger partial charge in [-0.2, -0.15) is 0 Å². The van der Waals surface area contributed by atoms with Crippen molar-refractivity contribution >= 4 is 17.8 Å². The van der Waals surface area contributed by atoms with E-state index in [4.69, 9.17) is 10.2 Å². The van der Waals surface area contributed by atoms with Crippen LogP contribution in [0.3, 0.4) is 0 Å². The Labute approximate surface area is 105 Å². The summed E-state index contributed by atoms with van der Waals surface area (Å²) in [7, 11) is 0. The van der Waals surface area contributed by atoms with Gasteiger partial charge in [-0.15, -0.1) is 0 Å². The van der Waals surface area contributed by atoms with Crippen LogP contribution in [-0.2, 0) is 14.4 Å². The Bertz CT molecular complexity index is 333. The van der Waals surface area contributed by atoms with Crippen LogP contribution in [0.5, 0.6) is 0 Å². The number of hydrogen-bond acceptors (Lipinski definition) is 3. The number of carboxylic acids is 2. The van der Waals surface area contributed by atoms with Gasteiger partial charge in [0.1, 0.15) is 6.04 Å². The van der Waals surface area contributed by atoms with Gasteiger partial charge in [-0.25, -0.2) is 4.79 Å². The van der Waals surface area contributed by atoms with Crippen LogP contribution in [0.4, 0.5) is 0 Å². The predicted octanol–water partition coefficient (Wildman–Crippen LogP) is 0.857. The number of carboxylic acid groups (broad SMARTS) is 2. The van der Waals surface area contributed by atoms with Gasteiger partial charge in [0.15, 0.2) is 0 Å². The smallest absolute Gasteiger partial charge is 0.326 e. The minimum Gasteiger partial charge on any atom is -0.481 e. The summed E-state index contributed by atoms with van der Waals surface area (Å²) in [5.74, 6) is -2.47. The molecule has 102 valence electrons. The SMILES string of the molecule is CC1CCC(C(=O)N[C@@H](CC(=O)O)C(=O)O)CC1. The molecular weight excluding hydrogens is 238 g/mol. The van der Waals surface area contributed by atoms with E-state index >= 15 is 0 Å². The molecule has 0 heterocycles. The molecule has 0 radical (unpaired) electrons. The Kier molecular flexibility index (Phi) is 5.12. The summed E-state index contributed by atoms with van der Waals surface area (Å²) < 4.78 is 0. The quantitative estimate of drug-likeness (QED) is 0.677. The van der Waals surface area contributed by atoms with Crippen LogP contribution in [0.25, 0.3) is 0 Å². The van der Waals surface area contributed by atoms with Gasteiger partial charge in [-0.3, -0.25) is 9.59 Å². The largest absolute Gasteiger partial charge is 0.481 e. The van der Waals surface area contributed by atoms with Crippen molar-refractivity contribution in [1.29, 1.82) is 0 Å². The lowest BCUT2D eigenvalue weighted by Gasteiger charge is -2.26. The van der Waals surface area contributed by atoms with E-state index in [1.54, 1.807) is 0 Å². The van der Waals surface area contributed by atoms with E-state index in [1.807, 2.05) is 0 Å². The van der Waals surface area contributed by atoms with Crippen molar-refractivity contribution in [2.24, 2.45) is 11.8 Å². The molecule has 1 atom stereocenters. The fourth-order valence-corrected chi connectivity index (χ4v) is 2.19. The van der Waals surface area contributed by atoms with Crippen molar-refractivity contribution in [3.63, 3.8) is 0 Å². The van der Waals surface area contributed by atoms with Crippen LogP contribution >= 0.6 is 0 Å². The Morgan fingerprint density at radius 3 is 2.17 bits per heavy atom. The average Bonchev–Trinajstić information content (AvgIpc) is 2.28. The zero-order chi connectivity index (χ0) is 13.7. The summed E-state index contributed by atoms with van der Waals surface area (Å²) in [5.41, 5.74) is 0. The molecule has 6 nitrogen and oxygen atoms in total. The first-order valence-corrected chi connectivity index (χ1v) is 6.15. The van der Waals surface area contributed by atoms with Crippen molar-refractivity contribution in [3.8, 4) is 0 Å². The maximum absolute atomic E-state index is 11.8. The van der Waals surface area contributed by atoms with Gasteiger partial charge in [-0.05, 0) is 31.6 Å². The fraction of sp³-hybridized carbons (Fsp3) is 0.750. The molecule has 6 heteroatoms. The summed E-state index contributed by atoms with van der Waals surface area (Å²) in [4.78, 5) is 33.2. The van der Waals surface area contributed by atoms with Gasteiger partial charge < -0.3 is 15.5 Å². The van der Waals surface area contributed by atoms with Crippen LogP contribution in [0, 0.1) is 11.8 Å². The first-order chi connectivity index (χ1) is 8.40. The topological polar surface area (TPSA) is 104 Å². The van der Waals surface area contributed by atoms with Gasteiger partial charge in [-0.1, -0.05) is 6.92 Å². The molecule has 18 heavy (non-hydrogen) atoms. The minimum atomic E-state index is -1.34. The number of carbonyl (C=O) groups excluding carboxylic acids is 1. The van der Waals surface area contributed by atoms with E-state index in [2.05, 4.69) is 12.2 Å². The van der Waals surface area contributed by atoms with Gasteiger partial charge in [0.25, 0.3) is 0 Å². The standard InChI is InChI=1S/C12H19NO5/c1-7-2-4-8(5-3-7)11(16)13-9(12(17)18)6-10(14)15/h7-9H,2-6H2,1H3,(H,13,16)(H,14,15)(H,17,18)/t7?,8?,9-/m0/s1. The highest BCUT2D eigenvalue weighted by atomic mass is 16.4. The summed E-state index contributed by atoms with van der Waals surface area (Å²) >= 11 is 0. The van der Waals surface area contributed by atoms with Crippen molar-refractivity contribution in [2.75, 3.05) is 0 Å². The number of aliphatic carboxylic acids is 2. The maximum Gasteiger partial charge on any atom is 0.326 e. The highest BCUT2D eigenvalue weighted by Gasteiger charge is 2.29. The van der Waals surface area contributed by atoms with Crippen LogP contribution in [0.1, 0.15) is 39.0 Å². The van der Waals surface area contributed by atoms with E-state index in [0.717, 1.165) is 25.7 Å². The van der Waals surface area contributed by atoms with Crippen LogP contribution < -0.4 is 5.32 Å². The lowest BCUT2D eigenvalue weighted by molar-refractivity contribution is -0.147. The third-order valence-corrected chi connectivity index (χ3v) is 3.38. The molecule has 0 saturated heterocycles. The van der Waals surface area contributed by atoms with Crippen LogP contribution in [0.2, 0.25) is 0 Å². The second-order valence-electron chi connectivity index (χ2n) is 4.95. The number of amides is 1. The van der Waals surface area contributed by atoms with Crippen molar-refractivity contribution in [1.82, 2.24) is 5.32 Å². The third-order valence-electron chi connectivity index (χ3n) is 3.38. The Morgan fingerprint density at radius 2 is 1.72 bits per heavy atom. The van der Waals surface area contributed by atoms with Crippen LogP contribution in [-0.4, -0.2) is 34.1 Å². The highest BCUT2D eigenvalue weighted by Crippen LogP contribution is 2.28. The van der Waals surface area contributed by atoms with Gasteiger partial charge in [0, 0.05) is 5.92 Å². The molecule has 0 aliphatic heterocycles. The highest BCUT2D eigenvalue weighted by molar-refractivity contribution is 5.87. The van der Waals surface area contributed by atoms with Gasteiger partial charge in [0.2, 0.25) is 5.91 Å². The number of carbonyl (C=O) groups is 3. The lowest BCUT2D eigenvalue weighted by atomic mass is 9.82. The average molecular weight is 257 g/mol. The molecule has 1 rings (SSSR count). The number of rotatable bonds is 5. The molecule has 0 aromatic heterocycles. The lowest BCUT2D eigenvalue weighted by Crippen LogP contribution is -2.45. The van der Waals surface area contributed by atoms with Crippen molar-refractivity contribution in [2.45, 2.75) is 45.1 Å². The molecular formula is C12H19NO5. The second-order valence-corrected chi connectivity index (χ2v) is 4.95. The number of hydrogen-bond donors (Lipinski definition) is 3. The second kappa shape index (κ2) is 6.37. The molecule has 1 fully saturated rings. The molecule has 1 aliphatic carbocycles. The molecule has 1 saturated carbocycles. The van der Waals surface area contributed by atoms with E-state index in [-0.39, 0.29) is 11.8 Å². The number of nitrogens with one attached hydrogen (secondary N) is 1. The molecule has 0 spiro atoms. The first-order valence-electron chi connectivity index (χ1n) is 6.15. The summed E-state index contributed by atoms with van der Waals surface area (Å²) in [6.07, 6.45) is 2.80. The maximum atomic E-state index is 11.8. The van der Waals surface area contributed by atoms with E-state index in [0.29, 0.717) is 5.92 Å². The van der Waals surface area contributed by atoms with Gasteiger partial charge >= 0.3 is 11.9 Å². The molecule has 0 aromatic carbocycles. The molecule has 1 amide bonds.